The highest BCUT2D eigenvalue weighted by Gasteiger charge is 2.05. The van der Waals surface area contributed by atoms with E-state index in [0.717, 1.165) is 12.6 Å². The van der Waals surface area contributed by atoms with Gasteiger partial charge in [0.05, 0.1) is 0 Å². The lowest BCUT2D eigenvalue weighted by atomic mass is 11.5. The first-order chi connectivity index (χ1) is 5.84. The number of hydrogen-bond donors (Lipinski definition) is 0. The van der Waals surface area contributed by atoms with Crippen molar-refractivity contribution in [2.24, 2.45) is 0 Å². The summed E-state index contributed by atoms with van der Waals surface area (Å²) in [4.78, 5) is 0. The van der Waals surface area contributed by atoms with E-state index in [-0.39, 0.29) is 0 Å². The number of halogens is 1. The lowest BCUT2D eigenvalue weighted by molar-refractivity contribution is 0.984. The molecule has 0 N–H and O–H groups in total. The monoisotopic (exact) mass is 280 g/mol. The normalized spacial score (nSPS) is 10.4. The fourth-order valence-corrected chi connectivity index (χ4v) is 3.64. The van der Waals surface area contributed by atoms with E-state index < -0.39 is 0 Å². The summed E-state index contributed by atoms with van der Waals surface area (Å²) >= 11 is 7.68. The lowest BCUT2D eigenvalue weighted by Crippen LogP contribution is -1.71. The zero-order valence-corrected chi connectivity index (χ0v) is 9.50. The molecule has 0 aliphatic rings. The van der Waals surface area contributed by atoms with Crippen LogP contribution < -0.4 is 0 Å². The first kappa shape index (κ1) is 8.54. The maximum atomic E-state index is 3.91. The van der Waals surface area contributed by atoms with Gasteiger partial charge >= 0.3 is 0 Å². The summed E-state index contributed by atoms with van der Waals surface area (Å²) in [5.74, 6) is 0. The van der Waals surface area contributed by atoms with Crippen LogP contribution in [0.4, 0.5) is 0 Å². The maximum Gasteiger partial charge on any atom is 0.184 e. The molecular weight excluding hydrogens is 280 g/mol. The molecular formula is C4HBrN4S3. The van der Waals surface area contributed by atoms with E-state index >= 15 is 0 Å². The number of nitrogens with zero attached hydrogens (tertiary/aromatic N) is 4. The van der Waals surface area contributed by atoms with E-state index in [1.807, 2.05) is 0 Å². The minimum Gasteiger partial charge on any atom is -0.146 e. The third-order valence-electron chi connectivity index (χ3n) is 0.896. The van der Waals surface area contributed by atoms with Crippen LogP contribution in [0.5, 0.6) is 0 Å². The summed E-state index contributed by atoms with van der Waals surface area (Å²) in [7, 11) is 0. The Kier molecular flexibility index (Phi) is 2.69. The average Bonchev–Trinajstić information content (AvgIpc) is 2.63. The molecule has 0 aromatic carbocycles. The Morgan fingerprint density at radius 3 is 2.75 bits per heavy atom. The zero-order chi connectivity index (χ0) is 8.39. The molecule has 12 heavy (non-hydrogen) atoms. The Bertz CT molecular complexity index is 358. The predicted octanol–water partition coefficient (Wildman–Crippen LogP) is 2.30. The molecule has 0 aliphatic carbocycles. The fraction of sp³-hybridized carbons (Fsp3) is 0. The highest BCUT2D eigenvalue weighted by molar-refractivity contribution is 9.11. The van der Waals surface area contributed by atoms with Crippen LogP contribution in [0.25, 0.3) is 0 Å². The van der Waals surface area contributed by atoms with Gasteiger partial charge in [0.25, 0.3) is 0 Å². The van der Waals surface area contributed by atoms with Crippen molar-refractivity contribution in [2.75, 3.05) is 0 Å². The highest BCUT2D eigenvalue weighted by atomic mass is 79.9. The smallest absolute Gasteiger partial charge is 0.146 e. The van der Waals surface area contributed by atoms with Crippen molar-refractivity contribution < 1.29 is 0 Å². The molecule has 2 rings (SSSR count). The second-order valence-corrected chi connectivity index (χ2v) is 6.21. The molecule has 2 aromatic heterocycles. The summed E-state index contributed by atoms with van der Waals surface area (Å²) < 4.78 is 2.55. The first-order valence-electron chi connectivity index (χ1n) is 2.77. The first-order valence-corrected chi connectivity index (χ1v) is 6.08. The van der Waals surface area contributed by atoms with Gasteiger partial charge in [-0.05, 0) is 27.7 Å². The van der Waals surface area contributed by atoms with Crippen molar-refractivity contribution in [3.05, 3.63) is 9.43 Å². The third-order valence-corrected chi connectivity index (χ3v) is 4.08. The average molecular weight is 281 g/mol. The summed E-state index contributed by atoms with van der Waals surface area (Å²) in [6.07, 6.45) is 0. The second-order valence-electron chi connectivity index (χ2n) is 1.63. The molecule has 62 valence electrons. The fourth-order valence-electron chi connectivity index (χ4n) is 0.516. The molecule has 0 radical (unpaired) electrons. The molecule has 2 aromatic rings. The van der Waals surface area contributed by atoms with Crippen molar-refractivity contribution >= 4 is 50.4 Å². The van der Waals surface area contributed by atoms with Crippen molar-refractivity contribution in [3.63, 3.8) is 0 Å². The molecule has 0 bridgehead atoms. The lowest BCUT2D eigenvalue weighted by Gasteiger charge is -1.84. The Morgan fingerprint density at radius 2 is 2.17 bits per heavy atom. The SMILES string of the molecule is Brc1nnc(Sc2nncs2)s1. The van der Waals surface area contributed by atoms with Crippen LogP contribution in [0.2, 0.25) is 0 Å². The number of hydrogen-bond acceptors (Lipinski definition) is 7. The Balaban J connectivity index is 2.14. The van der Waals surface area contributed by atoms with E-state index in [0.29, 0.717) is 0 Å². The van der Waals surface area contributed by atoms with Crippen molar-refractivity contribution in [2.45, 2.75) is 8.68 Å². The summed E-state index contributed by atoms with van der Waals surface area (Å²) in [5, 5.41) is 15.3. The van der Waals surface area contributed by atoms with Crippen LogP contribution in [-0.2, 0) is 0 Å². The molecule has 8 heteroatoms. The van der Waals surface area contributed by atoms with E-state index in [1.165, 1.54) is 34.4 Å². The quantitative estimate of drug-likeness (QED) is 0.845. The molecule has 0 atom stereocenters. The van der Waals surface area contributed by atoms with Gasteiger partial charge in [0.15, 0.2) is 12.6 Å². The van der Waals surface area contributed by atoms with Crippen molar-refractivity contribution in [1.82, 2.24) is 20.4 Å². The van der Waals surface area contributed by atoms with Gasteiger partial charge in [-0.1, -0.05) is 22.7 Å². The van der Waals surface area contributed by atoms with Crippen LogP contribution in [0.15, 0.2) is 18.1 Å². The molecule has 0 amide bonds. The number of rotatable bonds is 2. The Hall–Kier alpha value is -0.0500. The second kappa shape index (κ2) is 3.77. The molecule has 0 aliphatic heterocycles. The Labute approximate surface area is 88.6 Å². The van der Waals surface area contributed by atoms with Gasteiger partial charge in [-0.15, -0.1) is 20.4 Å². The van der Waals surface area contributed by atoms with E-state index in [9.17, 15) is 0 Å². The van der Waals surface area contributed by atoms with Crippen LogP contribution in [0.1, 0.15) is 0 Å². The van der Waals surface area contributed by atoms with Crippen LogP contribution in [0.3, 0.4) is 0 Å². The third kappa shape index (κ3) is 2.00. The van der Waals surface area contributed by atoms with Crippen LogP contribution in [0, 0.1) is 0 Å². The molecule has 0 saturated carbocycles. The van der Waals surface area contributed by atoms with Crippen LogP contribution in [-0.4, -0.2) is 20.4 Å². The summed E-state index contributed by atoms with van der Waals surface area (Å²) in [6.45, 7) is 0. The predicted molar refractivity (Wildman–Crippen MR) is 51.6 cm³/mol. The molecule has 0 fully saturated rings. The van der Waals surface area contributed by atoms with Crippen molar-refractivity contribution in [3.8, 4) is 0 Å². The standard InChI is InChI=1S/C4HBrN4S3/c5-2-7-9-4(11-2)12-3-8-6-1-10-3/h1H. The van der Waals surface area contributed by atoms with Gasteiger partial charge in [-0.25, -0.2) is 0 Å². The molecule has 0 unspecified atom stereocenters. The Morgan fingerprint density at radius 1 is 1.25 bits per heavy atom. The van der Waals surface area contributed by atoms with Gasteiger partial charge in [-0.3, -0.25) is 0 Å². The molecule has 0 spiro atoms. The molecule has 2 heterocycles. The maximum absolute atomic E-state index is 3.91. The van der Waals surface area contributed by atoms with Crippen molar-refractivity contribution in [1.29, 1.82) is 0 Å². The largest absolute Gasteiger partial charge is 0.184 e. The molecule has 4 nitrogen and oxygen atoms in total. The minimum atomic E-state index is 0.787. The van der Waals surface area contributed by atoms with E-state index in [2.05, 4.69) is 36.3 Å². The summed E-state index contributed by atoms with van der Waals surface area (Å²) in [6, 6.07) is 0. The van der Waals surface area contributed by atoms with Gasteiger partial charge in [0, 0.05) is 0 Å². The van der Waals surface area contributed by atoms with E-state index in [1.54, 1.807) is 5.51 Å². The molecule has 0 saturated heterocycles. The van der Waals surface area contributed by atoms with Gasteiger partial charge < -0.3 is 0 Å². The number of aromatic nitrogens is 4. The van der Waals surface area contributed by atoms with Gasteiger partial charge in [0.1, 0.15) is 5.51 Å². The topological polar surface area (TPSA) is 51.6 Å². The van der Waals surface area contributed by atoms with Gasteiger partial charge in [0.2, 0.25) is 0 Å². The highest BCUT2D eigenvalue weighted by Crippen LogP contribution is 2.31. The minimum absolute atomic E-state index is 0.787. The summed E-state index contributed by atoms with van der Waals surface area (Å²) in [5.41, 5.74) is 1.69. The van der Waals surface area contributed by atoms with Gasteiger partial charge in [-0.2, -0.15) is 0 Å². The van der Waals surface area contributed by atoms with E-state index in [4.69, 9.17) is 0 Å². The zero-order valence-electron chi connectivity index (χ0n) is 5.47. The van der Waals surface area contributed by atoms with Crippen LogP contribution >= 0.6 is 50.4 Å².